The molecule has 0 aromatic heterocycles. The second-order valence-electron chi connectivity index (χ2n) is 5.14. The van der Waals surface area contributed by atoms with Gasteiger partial charge >= 0.3 is 5.97 Å². The lowest BCUT2D eigenvalue weighted by atomic mass is 9.78. The smallest absolute Gasteiger partial charge is 0.306 e. The number of aliphatic carboxylic acids is 1. The second kappa shape index (κ2) is 4.52. The molecule has 0 spiro atoms. The van der Waals surface area contributed by atoms with Crippen LogP contribution < -0.4 is 0 Å². The van der Waals surface area contributed by atoms with Gasteiger partial charge in [-0.25, -0.2) is 0 Å². The maximum Gasteiger partial charge on any atom is 0.306 e. The minimum atomic E-state index is -0.590. The predicted molar refractivity (Wildman–Crippen MR) is 58.7 cm³/mol. The Morgan fingerprint density at radius 2 is 1.87 bits per heavy atom. The number of carboxylic acids is 1. The van der Waals surface area contributed by atoms with Gasteiger partial charge in [0, 0.05) is 6.04 Å². The molecule has 2 aliphatic rings. The van der Waals surface area contributed by atoms with Gasteiger partial charge in [0.15, 0.2) is 0 Å². The van der Waals surface area contributed by atoms with Crippen LogP contribution >= 0.6 is 0 Å². The van der Waals surface area contributed by atoms with Crippen molar-refractivity contribution in [2.45, 2.75) is 44.6 Å². The van der Waals surface area contributed by atoms with E-state index >= 15 is 0 Å². The maximum atomic E-state index is 10.8. The summed E-state index contributed by atoms with van der Waals surface area (Å²) in [6.07, 6.45) is 6.66. The highest BCUT2D eigenvalue weighted by molar-refractivity contribution is 5.69. The zero-order valence-corrected chi connectivity index (χ0v) is 9.48. The molecule has 0 aromatic rings. The number of carbonyl (C=O) groups is 1. The van der Waals surface area contributed by atoms with Gasteiger partial charge in [-0.3, -0.25) is 4.79 Å². The topological polar surface area (TPSA) is 40.5 Å². The second-order valence-corrected chi connectivity index (χ2v) is 5.14. The van der Waals surface area contributed by atoms with Crippen molar-refractivity contribution in [2.24, 2.45) is 11.8 Å². The number of nitrogens with zero attached hydrogens (tertiary/aromatic N) is 1. The van der Waals surface area contributed by atoms with E-state index in [-0.39, 0.29) is 5.92 Å². The van der Waals surface area contributed by atoms with Crippen LogP contribution in [0.3, 0.4) is 0 Å². The lowest BCUT2D eigenvalue weighted by Gasteiger charge is -2.33. The molecule has 0 bridgehead atoms. The molecule has 15 heavy (non-hydrogen) atoms. The molecule has 1 aliphatic heterocycles. The van der Waals surface area contributed by atoms with Crippen molar-refractivity contribution in [3.8, 4) is 0 Å². The van der Waals surface area contributed by atoms with Gasteiger partial charge in [-0.2, -0.15) is 0 Å². The molecule has 1 saturated heterocycles. The molecular weight excluding hydrogens is 190 g/mol. The van der Waals surface area contributed by atoms with Crippen molar-refractivity contribution in [2.75, 3.05) is 13.6 Å². The van der Waals surface area contributed by atoms with Crippen LogP contribution in [-0.2, 0) is 4.79 Å². The highest BCUT2D eigenvalue weighted by Gasteiger charge is 2.33. The summed E-state index contributed by atoms with van der Waals surface area (Å²) in [5, 5.41) is 8.93. The summed E-state index contributed by atoms with van der Waals surface area (Å²) in [5.74, 6) is 0.106. The predicted octanol–water partition coefficient (Wildman–Crippen LogP) is 1.97. The lowest BCUT2D eigenvalue weighted by Crippen LogP contribution is -2.35. The van der Waals surface area contributed by atoms with Crippen LogP contribution in [0.4, 0.5) is 0 Å². The highest BCUT2D eigenvalue weighted by Crippen LogP contribution is 2.35. The van der Waals surface area contributed by atoms with E-state index in [2.05, 4.69) is 11.9 Å². The first kappa shape index (κ1) is 10.9. The van der Waals surface area contributed by atoms with Crippen LogP contribution in [0.2, 0.25) is 0 Å². The Morgan fingerprint density at radius 1 is 1.20 bits per heavy atom. The molecule has 2 rings (SSSR count). The molecule has 1 saturated carbocycles. The van der Waals surface area contributed by atoms with Gasteiger partial charge < -0.3 is 10.0 Å². The fourth-order valence-corrected chi connectivity index (χ4v) is 3.28. The molecule has 0 unspecified atom stereocenters. The van der Waals surface area contributed by atoms with Gasteiger partial charge in [0.1, 0.15) is 0 Å². The molecule has 0 radical (unpaired) electrons. The van der Waals surface area contributed by atoms with Crippen LogP contribution in [0.15, 0.2) is 0 Å². The van der Waals surface area contributed by atoms with Crippen LogP contribution in [0, 0.1) is 11.8 Å². The Kier molecular flexibility index (Phi) is 3.29. The van der Waals surface area contributed by atoms with Crippen molar-refractivity contribution in [3.05, 3.63) is 0 Å². The summed E-state index contributed by atoms with van der Waals surface area (Å²) in [6.45, 7) is 1.23. The van der Waals surface area contributed by atoms with Gasteiger partial charge in [-0.05, 0) is 58.0 Å². The zero-order chi connectivity index (χ0) is 10.8. The third kappa shape index (κ3) is 2.33. The summed E-state index contributed by atoms with van der Waals surface area (Å²) < 4.78 is 0. The number of carboxylic acid groups (broad SMARTS) is 1. The van der Waals surface area contributed by atoms with E-state index in [1.807, 2.05) is 0 Å². The van der Waals surface area contributed by atoms with E-state index in [9.17, 15) is 4.79 Å². The standard InChI is InChI=1S/C12H21NO2/c1-13-8-2-3-11(13)9-4-6-10(7-5-9)12(14)15/h9-11H,2-8H2,1H3,(H,14,15)/t9?,10?,11-/m1/s1. The average Bonchev–Trinajstić information content (AvgIpc) is 2.65. The molecule has 2 fully saturated rings. The molecule has 0 amide bonds. The third-order valence-electron chi connectivity index (χ3n) is 4.24. The number of likely N-dealkylation sites (tertiary alicyclic amines) is 1. The van der Waals surface area contributed by atoms with E-state index in [0.717, 1.165) is 37.6 Å². The molecule has 1 N–H and O–H groups in total. The molecule has 86 valence electrons. The first-order valence-corrected chi connectivity index (χ1v) is 6.11. The minimum absolute atomic E-state index is 0.0621. The Morgan fingerprint density at radius 3 is 2.33 bits per heavy atom. The number of rotatable bonds is 2. The number of hydrogen-bond acceptors (Lipinski definition) is 2. The highest BCUT2D eigenvalue weighted by atomic mass is 16.4. The van der Waals surface area contributed by atoms with Crippen molar-refractivity contribution >= 4 is 5.97 Å². The summed E-state index contributed by atoms with van der Waals surface area (Å²) in [5.41, 5.74) is 0. The fourth-order valence-electron chi connectivity index (χ4n) is 3.28. The first-order chi connectivity index (χ1) is 7.18. The molecule has 3 heteroatoms. The quantitative estimate of drug-likeness (QED) is 0.759. The van der Waals surface area contributed by atoms with Crippen LogP contribution in [0.1, 0.15) is 38.5 Å². The van der Waals surface area contributed by atoms with Crippen LogP contribution in [0.5, 0.6) is 0 Å². The van der Waals surface area contributed by atoms with Gasteiger partial charge in [-0.1, -0.05) is 0 Å². The van der Waals surface area contributed by atoms with Crippen LogP contribution in [-0.4, -0.2) is 35.6 Å². The Bertz CT molecular complexity index is 234. The first-order valence-electron chi connectivity index (χ1n) is 6.11. The molecule has 3 nitrogen and oxygen atoms in total. The van der Waals surface area contributed by atoms with Gasteiger partial charge in [0.2, 0.25) is 0 Å². The zero-order valence-electron chi connectivity index (χ0n) is 9.48. The maximum absolute atomic E-state index is 10.8. The molecular formula is C12H21NO2. The van der Waals surface area contributed by atoms with Crippen molar-refractivity contribution < 1.29 is 9.90 Å². The molecule has 1 atom stereocenters. The summed E-state index contributed by atoms with van der Waals surface area (Å²) in [6, 6.07) is 0.736. The summed E-state index contributed by atoms with van der Waals surface area (Å²) >= 11 is 0. The Hall–Kier alpha value is -0.570. The third-order valence-corrected chi connectivity index (χ3v) is 4.24. The largest absolute Gasteiger partial charge is 0.481 e. The van der Waals surface area contributed by atoms with Crippen molar-refractivity contribution in [1.29, 1.82) is 0 Å². The molecule has 1 heterocycles. The minimum Gasteiger partial charge on any atom is -0.481 e. The Labute approximate surface area is 91.5 Å². The van der Waals surface area contributed by atoms with Gasteiger partial charge in [-0.15, -0.1) is 0 Å². The normalized spacial score (nSPS) is 38.1. The number of hydrogen-bond donors (Lipinski definition) is 1. The van der Waals surface area contributed by atoms with Gasteiger partial charge in [0.25, 0.3) is 0 Å². The van der Waals surface area contributed by atoms with E-state index in [4.69, 9.17) is 5.11 Å². The lowest BCUT2D eigenvalue weighted by molar-refractivity contribution is -0.143. The van der Waals surface area contributed by atoms with E-state index < -0.39 is 5.97 Å². The molecule has 1 aliphatic carbocycles. The average molecular weight is 211 g/mol. The Balaban J connectivity index is 1.85. The molecule has 0 aromatic carbocycles. The van der Waals surface area contributed by atoms with Gasteiger partial charge in [0.05, 0.1) is 5.92 Å². The fraction of sp³-hybridized carbons (Fsp3) is 0.917. The van der Waals surface area contributed by atoms with Crippen LogP contribution in [0.25, 0.3) is 0 Å². The van der Waals surface area contributed by atoms with E-state index in [1.54, 1.807) is 0 Å². The summed E-state index contributed by atoms with van der Waals surface area (Å²) in [7, 11) is 2.21. The SMILES string of the molecule is CN1CCC[C@@H]1C1CCC(C(=O)O)CC1. The van der Waals surface area contributed by atoms with E-state index in [0.29, 0.717) is 0 Å². The van der Waals surface area contributed by atoms with E-state index in [1.165, 1.54) is 19.4 Å². The van der Waals surface area contributed by atoms with Crippen molar-refractivity contribution in [3.63, 3.8) is 0 Å². The van der Waals surface area contributed by atoms with Crippen molar-refractivity contribution in [1.82, 2.24) is 4.90 Å². The monoisotopic (exact) mass is 211 g/mol. The summed E-state index contributed by atoms with van der Waals surface area (Å²) in [4.78, 5) is 13.3.